The molecule has 0 radical (unpaired) electrons. The van der Waals surface area contributed by atoms with Gasteiger partial charge in [0.25, 0.3) is 0 Å². The summed E-state index contributed by atoms with van der Waals surface area (Å²) in [4.78, 5) is 4.18. The summed E-state index contributed by atoms with van der Waals surface area (Å²) < 4.78 is 5.71. The van der Waals surface area contributed by atoms with Crippen LogP contribution in [0.1, 0.15) is 17.0 Å². The molecule has 3 aromatic rings. The van der Waals surface area contributed by atoms with E-state index in [-0.39, 0.29) is 11.8 Å². The Labute approximate surface area is 133 Å². The molecule has 23 heavy (non-hydrogen) atoms. The van der Waals surface area contributed by atoms with Crippen LogP contribution in [-0.4, -0.2) is 4.98 Å². The Morgan fingerprint density at radius 1 is 1.09 bits per heavy atom. The zero-order valence-electron chi connectivity index (χ0n) is 12.2. The molecule has 2 N–H and O–H groups in total. The van der Waals surface area contributed by atoms with Crippen molar-refractivity contribution in [3.05, 3.63) is 83.5 Å². The lowest BCUT2D eigenvalue weighted by molar-refractivity contribution is 0.394. The lowest BCUT2D eigenvalue weighted by Crippen LogP contribution is -2.21. The van der Waals surface area contributed by atoms with Crippen LogP contribution in [0.15, 0.2) is 72.4 Å². The molecule has 4 rings (SSSR count). The van der Waals surface area contributed by atoms with E-state index in [0.29, 0.717) is 11.3 Å². The second kappa shape index (κ2) is 5.15. The number of fused-ring (bicyclic) bond motifs is 2. The van der Waals surface area contributed by atoms with Crippen LogP contribution in [0.4, 0.5) is 0 Å². The molecule has 1 aliphatic rings. The zero-order chi connectivity index (χ0) is 15.8. The average Bonchev–Trinajstić information content (AvgIpc) is 2.59. The minimum Gasteiger partial charge on any atom is -0.440 e. The first kappa shape index (κ1) is 13.4. The summed E-state index contributed by atoms with van der Waals surface area (Å²) in [6.45, 7) is 0. The van der Waals surface area contributed by atoms with E-state index in [4.69, 9.17) is 10.5 Å². The van der Waals surface area contributed by atoms with Gasteiger partial charge in [0.05, 0.1) is 5.92 Å². The van der Waals surface area contributed by atoms with Crippen molar-refractivity contribution in [3.63, 3.8) is 0 Å². The fourth-order valence-electron chi connectivity index (χ4n) is 3.03. The highest BCUT2D eigenvalue weighted by molar-refractivity contribution is 5.86. The van der Waals surface area contributed by atoms with E-state index < -0.39 is 0 Å². The maximum Gasteiger partial charge on any atom is 0.205 e. The summed E-state index contributed by atoms with van der Waals surface area (Å²) in [5.41, 5.74) is 8.26. The molecule has 0 aliphatic carbocycles. The topological polar surface area (TPSA) is 71.9 Å². The predicted octanol–water partition coefficient (Wildman–Crippen LogP) is 3.45. The minimum atomic E-state index is -0.262. The SMILES string of the molecule is N#CC1=C(N)Oc2cc3ccccc3cc2[C@@H]1c1cccnc1. The smallest absolute Gasteiger partial charge is 0.205 e. The van der Waals surface area contributed by atoms with Crippen LogP contribution in [0.3, 0.4) is 0 Å². The Morgan fingerprint density at radius 3 is 2.57 bits per heavy atom. The number of aromatic nitrogens is 1. The van der Waals surface area contributed by atoms with Crippen LogP contribution >= 0.6 is 0 Å². The first-order valence-corrected chi connectivity index (χ1v) is 7.28. The largest absolute Gasteiger partial charge is 0.440 e. The molecule has 0 fully saturated rings. The van der Waals surface area contributed by atoms with Crippen molar-refractivity contribution in [2.75, 3.05) is 0 Å². The van der Waals surface area contributed by atoms with Crippen molar-refractivity contribution in [1.82, 2.24) is 4.98 Å². The average molecular weight is 299 g/mol. The zero-order valence-corrected chi connectivity index (χ0v) is 12.2. The van der Waals surface area contributed by atoms with Gasteiger partial charge in [0.1, 0.15) is 17.4 Å². The second-order valence-electron chi connectivity index (χ2n) is 5.45. The van der Waals surface area contributed by atoms with Crippen LogP contribution in [0.25, 0.3) is 10.8 Å². The molecular weight excluding hydrogens is 286 g/mol. The minimum absolute atomic E-state index is 0.157. The molecule has 4 heteroatoms. The molecule has 1 aliphatic heterocycles. The van der Waals surface area contributed by atoms with Crippen LogP contribution in [-0.2, 0) is 0 Å². The Bertz CT molecular complexity index is 971. The van der Waals surface area contributed by atoms with E-state index >= 15 is 0 Å². The van der Waals surface area contributed by atoms with E-state index in [1.807, 2.05) is 42.5 Å². The third-order valence-corrected chi connectivity index (χ3v) is 4.10. The van der Waals surface area contributed by atoms with Gasteiger partial charge in [-0.3, -0.25) is 4.98 Å². The Hall–Kier alpha value is -3.32. The molecule has 1 atom stereocenters. The number of nitrogens with zero attached hydrogens (tertiary/aromatic N) is 2. The van der Waals surface area contributed by atoms with Gasteiger partial charge in [-0.25, -0.2) is 0 Å². The van der Waals surface area contributed by atoms with Crippen LogP contribution in [0.5, 0.6) is 5.75 Å². The molecule has 0 amide bonds. The maximum absolute atomic E-state index is 9.54. The Morgan fingerprint density at radius 2 is 1.87 bits per heavy atom. The van der Waals surface area contributed by atoms with Crippen LogP contribution in [0.2, 0.25) is 0 Å². The second-order valence-corrected chi connectivity index (χ2v) is 5.45. The van der Waals surface area contributed by atoms with E-state index in [1.165, 1.54) is 0 Å². The summed E-state index contributed by atoms with van der Waals surface area (Å²) in [5.74, 6) is 0.584. The van der Waals surface area contributed by atoms with E-state index in [1.54, 1.807) is 12.4 Å². The monoisotopic (exact) mass is 299 g/mol. The molecule has 0 spiro atoms. The molecule has 2 heterocycles. The quantitative estimate of drug-likeness (QED) is 0.747. The molecule has 4 nitrogen and oxygen atoms in total. The number of benzene rings is 2. The van der Waals surface area contributed by atoms with Gasteiger partial charge in [-0.1, -0.05) is 30.3 Å². The highest BCUT2D eigenvalue weighted by Gasteiger charge is 2.30. The molecule has 2 aromatic carbocycles. The van der Waals surface area contributed by atoms with Gasteiger partial charge in [-0.2, -0.15) is 5.26 Å². The van der Waals surface area contributed by atoms with Gasteiger partial charge in [0.15, 0.2) is 0 Å². The van der Waals surface area contributed by atoms with Crippen molar-refractivity contribution >= 4 is 10.8 Å². The number of nitrogens with two attached hydrogens (primary N) is 1. The summed E-state index contributed by atoms with van der Waals surface area (Å²) in [6.07, 6.45) is 3.48. The molecule has 1 aromatic heterocycles. The van der Waals surface area contributed by atoms with Gasteiger partial charge in [0, 0.05) is 18.0 Å². The van der Waals surface area contributed by atoms with Crippen LogP contribution in [0, 0.1) is 11.3 Å². The number of hydrogen-bond donors (Lipinski definition) is 1. The van der Waals surface area contributed by atoms with Gasteiger partial charge < -0.3 is 10.5 Å². The first-order chi connectivity index (χ1) is 11.3. The normalized spacial score (nSPS) is 16.6. The van der Waals surface area contributed by atoms with Gasteiger partial charge in [0.2, 0.25) is 5.88 Å². The number of rotatable bonds is 1. The molecule has 110 valence electrons. The lowest BCUT2D eigenvalue weighted by Gasteiger charge is -2.26. The summed E-state index contributed by atoms with van der Waals surface area (Å²) >= 11 is 0. The van der Waals surface area contributed by atoms with Crippen molar-refractivity contribution in [1.29, 1.82) is 5.26 Å². The van der Waals surface area contributed by atoms with Gasteiger partial charge >= 0.3 is 0 Å². The first-order valence-electron chi connectivity index (χ1n) is 7.28. The van der Waals surface area contributed by atoms with Crippen molar-refractivity contribution in [2.45, 2.75) is 5.92 Å². The number of ether oxygens (including phenoxy) is 1. The number of nitriles is 1. The van der Waals surface area contributed by atoms with Crippen molar-refractivity contribution in [2.24, 2.45) is 5.73 Å². The molecule has 0 saturated carbocycles. The molecule has 0 unspecified atom stereocenters. The summed E-state index contributed by atoms with van der Waals surface area (Å²) in [7, 11) is 0. The summed E-state index contributed by atoms with van der Waals surface area (Å²) in [6, 6.07) is 18.1. The third-order valence-electron chi connectivity index (χ3n) is 4.10. The van der Waals surface area contributed by atoms with Crippen molar-refractivity contribution < 1.29 is 4.74 Å². The molecule has 0 bridgehead atoms. The lowest BCUT2D eigenvalue weighted by atomic mass is 9.83. The Kier molecular flexibility index (Phi) is 2.99. The number of hydrogen-bond acceptors (Lipinski definition) is 4. The third kappa shape index (κ3) is 2.11. The Balaban J connectivity index is 2.00. The predicted molar refractivity (Wildman–Crippen MR) is 87.5 cm³/mol. The summed E-state index contributed by atoms with van der Waals surface area (Å²) in [5, 5.41) is 11.7. The highest BCUT2D eigenvalue weighted by Crippen LogP contribution is 2.43. The fourth-order valence-corrected chi connectivity index (χ4v) is 3.03. The molecular formula is C19H13N3O. The van der Waals surface area contributed by atoms with Crippen LogP contribution < -0.4 is 10.5 Å². The number of pyridine rings is 1. The van der Waals surface area contributed by atoms with E-state index in [2.05, 4.69) is 17.1 Å². The van der Waals surface area contributed by atoms with Crippen molar-refractivity contribution in [3.8, 4) is 11.8 Å². The van der Waals surface area contributed by atoms with E-state index in [0.717, 1.165) is 21.9 Å². The fraction of sp³-hybridized carbons (Fsp3) is 0.0526. The standard InChI is InChI=1S/C19H13N3O/c20-10-16-18(14-6-3-7-22-11-14)15-8-12-4-1-2-5-13(12)9-17(15)23-19(16)21/h1-9,11,18H,21H2/t18-/m0/s1. The highest BCUT2D eigenvalue weighted by atomic mass is 16.5. The van der Waals surface area contributed by atoms with E-state index in [9.17, 15) is 5.26 Å². The molecule has 0 saturated heterocycles. The van der Waals surface area contributed by atoms with Gasteiger partial charge in [-0.15, -0.1) is 0 Å². The maximum atomic E-state index is 9.54. The van der Waals surface area contributed by atoms with Gasteiger partial charge in [-0.05, 0) is 34.5 Å². The number of allylic oxidation sites excluding steroid dienone is 1.